The molecule has 2 fully saturated rings. The monoisotopic (exact) mass is 360 g/mol. The maximum atomic E-state index is 12.7. The number of thiophene rings is 1. The highest BCUT2D eigenvalue weighted by atomic mass is 35.5. The summed E-state index contributed by atoms with van der Waals surface area (Å²) >= 11 is 7.60. The minimum absolute atomic E-state index is 0.00358. The molecule has 2 aliphatic rings. The van der Waals surface area contributed by atoms with E-state index in [4.69, 9.17) is 11.6 Å². The Morgan fingerprint density at radius 2 is 2.00 bits per heavy atom. The molecule has 4 rings (SSSR count). The zero-order valence-electron chi connectivity index (χ0n) is 12.9. The molecular weight excluding hydrogens is 344 g/mol. The quantitative estimate of drug-likeness (QED) is 0.911. The lowest BCUT2D eigenvalue weighted by atomic mass is 10.0. The van der Waals surface area contributed by atoms with Crippen molar-refractivity contribution in [2.24, 2.45) is 5.92 Å². The van der Waals surface area contributed by atoms with Crippen LogP contribution in [0.4, 0.5) is 0 Å². The van der Waals surface area contributed by atoms with Crippen molar-refractivity contribution in [3.63, 3.8) is 0 Å². The van der Waals surface area contributed by atoms with E-state index < -0.39 is 0 Å². The molecule has 4 nitrogen and oxygen atoms in total. The second-order valence-electron chi connectivity index (χ2n) is 6.38. The summed E-state index contributed by atoms with van der Waals surface area (Å²) in [6.07, 6.45) is 1.77. The fraction of sp³-hybridized carbons (Fsp3) is 0.333. The number of likely N-dealkylation sites (tertiary alicyclic amines) is 1. The van der Waals surface area contributed by atoms with Gasteiger partial charge in [0.15, 0.2) is 0 Å². The van der Waals surface area contributed by atoms with Crippen LogP contribution in [0, 0.1) is 5.92 Å². The summed E-state index contributed by atoms with van der Waals surface area (Å²) in [6.45, 7) is 0.685. The van der Waals surface area contributed by atoms with Crippen LogP contribution >= 0.6 is 22.9 Å². The molecule has 1 saturated carbocycles. The van der Waals surface area contributed by atoms with Gasteiger partial charge >= 0.3 is 0 Å². The highest BCUT2D eigenvalue weighted by Crippen LogP contribution is 2.39. The predicted molar refractivity (Wildman–Crippen MR) is 94.6 cm³/mol. The Hall–Kier alpha value is -1.85. The summed E-state index contributed by atoms with van der Waals surface area (Å²) in [4.78, 5) is 27.6. The Morgan fingerprint density at radius 3 is 2.67 bits per heavy atom. The van der Waals surface area contributed by atoms with Crippen LogP contribution in [-0.4, -0.2) is 35.3 Å². The third-order valence-corrected chi connectivity index (χ3v) is 6.17. The first-order chi connectivity index (χ1) is 11.6. The lowest BCUT2D eigenvalue weighted by molar-refractivity contribution is 0.0680. The van der Waals surface area contributed by atoms with Gasteiger partial charge in [0.2, 0.25) is 0 Å². The summed E-state index contributed by atoms with van der Waals surface area (Å²) < 4.78 is 0. The largest absolute Gasteiger partial charge is 0.348 e. The molecule has 1 aromatic heterocycles. The van der Waals surface area contributed by atoms with Crippen molar-refractivity contribution >= 4 is 34.8 Å². The van der Waals surface area contributed by atoms with Crippen LogP contribution in [0.5, 0.6) is 0 Å². The second-order valence-corrected chi connectivity index (χ2v) is 7.73. The maximum Gasteiger partial charge on any atom is 0.261 e. The standard InChI is InChI=1S/C18H17ClN2O2S/c19-14-5-2-1-4-13(14)18(23)21-10-11-8-12(21)9-15(11)20-17(22)16-6-3-7-24-16/h1-7,11-12,15H,8-10H2,(H,20,22). The molecule has 1 aliphatic carbocycles. The van der Waals surface area contributed by atoms with Crippen LogP contribution in [0.25, 0.3) is 0 Å². The third kappa shape index (κ3) is 2.72. The van der Waals surface area contributed by atoms with E-state index in [9.17, 15) is 9.59 Å². The zero-order valence-corrected chi connectivity index (χ0v) is 14.5. The molecule has 3 unspecified atom stereocenters. The summed E-state index contributed by atoms with van der Waals surface area (Å²) in [7, 11) is 0. The van der Waals surface area contributed by atoms with Gasteiger partial charge in [-0.15, -0.1) is 11.3 Å². The van der Waals surface area contributed by atoms with E-state index in [1.54, 1.807) is 12.1 Å². The van der Waals surface area contributed by atoms with Gasteiger partial charge in [0.1, 0.15) is 0 Å². The molecule has 1 aromatic carbocycles. The molecule has 124 valence electrons. The van der Waals surface area contributed by atoms with Crippen LogP contribution in [0.2, 0.25) is 5.02 Å². The molecule has 2 aromatic rings. The molecule has 24 heavy (non-hydrogen) atoms. The summed E-state index contributed by atoms with van der Waals surface area (Å²) in [6, 6.07) is 11.2. The number of hydrogen-bond acceptors (Lipinski definition) is 3. The highest BCUT2D eigenvalue weighted by Gasteiger charge is 2.47. The van der Waals surface area contributed by atoms with Gasteiger partial charge in [-0.2, -0.15) is 0 Å². The highest BCUT2D eigenvalue weighted by molar-refractivity contribution is 7.12. The van der Waals surface area contributed by atoms with E-state index in [0.717, 1.165) is 17.7 Å². The number of piperidine rings is 1. The minimum Gasteiger partial charge on any atom is -0.348 e. The van der Waals surface area contributed by atoms with Crippen LogP contribution in [0.3, 0.4) is 0 Å². The molecule has 3 atom stereocenters. The third-order valence-electron chi connectivity index (χ3n) is 4.97. The van der Waals surface area contributed by atoms with Gasteiger partial charge < -0.3 is 10.2 Å². The van der Waals surface area contributed by atoms with Crippen LogP contribution in [0.1, 0.15) is 32.9 Å². The molecule has 2 heterocycles. The Balaban J connectivity index is 1.42. The zero-order chi connectivity index (χ0) is 16.7. The van der Waals surface area contributed by atoms with Crippen molar-refractivity contribution in [3.8, 4) is 0 Å². The molecule has 1 aliphatic heterocycles. The van der Waals surface area contributed by atoms with Crippen molar-refractivity contribution in [3.05, 3.63) is 57.2 Å². The number of fused-ring (bicyclic) bond motifs is 2. The Kier molecular flexibility index (Phi) is 4.06. The van der Waals surface area contributed by atoms with Gasteiger partial charge in [0, 0.05) is 18.6 Å². The summed E-state index contributed by atoms with van der Waals surface area (Å²) in [5, 5.41) is 5.53. The smallest absolute Gasteiger partial charge is 0.261 e. The number of amides is 2. The van der Waals surface area contributed by atoms with Gasteiger partial charge in [0.25, 0.3) is 11.8 Å². The topological polar surface area (TPSA) is 49.4 Å². The molecule has 2 amide bonds. The number of nitrogens with one attached hydrogen (secondary N) is 1. The molecule has 2 bridgehead atoms. The van der Waals surface area contributed by atoms with E-state index >= 15 is 0 Å². The van der Waals surface area contributed by atoms with E-state index in [1.807, 2.05) is 34.5 Å². The molecule has 0 spiro atoms. The van der Waals surface area contributed by atoms with Crippen molar-refractivity contribution in [2.45, 2.75) is 24.9 Å². The van der Waals surface area contributed by atoms with Crippen LogP contribution < -0.4 is 5.32 Å². The summed E-state index contributed by atoms with van der Waals surface area (Å²) in [5.74, 6) is 0.313. The second kappa shape index (κ2) is 6.22. The van der Waals surface area contributed by atoms with Crippen molar-refractivity contribution in [1.82, 2.24) is 10.2 Å². The van der Waals surface area contributed by atoms with Crippen molar-refractivity contribution < 1.29 is 9.59 Å². The number of rotatable bonds is 3. The Bertz CT molecular complexity index is 777. The normalized spacial score (nSPS) is 25.0. The molecular formula is C18H17ClN2O2S. The number of benzene rings is 1. The van der Waals surface area contributed by atoms with E-state index in [2.05, 4.69) is 5.32 Å². The first-order valence-corrected chi connectivity index (χ1v) is 9.29. The number of nitrogens with zero attached hydrogens (tertiary/aromatic N) is 1. The molecule has 0 radical (unpaired) electrons. The first-order valence-electron chi connectivity index (χ1n) is 8.03. The number of hydrogen-bond donors (Lipinski definition) is 1. The Labute approximate surface area is 149 Å². The fourth-order valence-electron chi connectivity index (χ4n) is 3.82. The van der Waals surface area contributed by atoms with E-state index in [0.29, 0.717) is 23.0 Å². The SMILES string of the molecule is O=C(NC1CC2CC1CN2C(=O)c1ccccc1Cl)c1cccs1. The Morgan fingerprint density at radius 1 is 1.17 bits per heavy atom. The number of carbonyl (C=O) groups excluding carboxylic acids is 2. The van der Waals surface area contributed by atoms with Gasteiger partial charge in [-0.3, -0.25) is 9.59 Å². The van der Waals surface area contributed by atoms with Gasteiger partial charge in [0.05, 0.1) is 15.5 Å². The maximum absolute atomic E-state index is 12.7. The lowest BCUT2D eigenvalue weighted by Gasteiger charge is -2.32. The predicted octanol–water partition coefficient (Wildman–Crippen LogP) is 3.43. The van der Waals surface area contributed by atoms with Crippen LogP contribution in [0.15, 0.2) is 41.8 Å². The van der Waals surface area contributed by atoms with Crippen molar-refractivity contribution in [2.75, 3.05) is 6.54 Å². The average molecular weight is 361 g/mol. The molecule has 1 N–H and O–H groups in total. The summed E-state index contributed by atoms with van der Waals surface area (Å²) in [5.41, 5.74) is 0.561. The average Bonchev–Trinajstić information content (AvgIpc) is 3.31. The first kappa shape index (κ1) is 15.7. The molecule has 6 heteroatoms. The minimum atomic E-state index is -0.00784. The molecule has 1 saturated heterocycles. The van der Waals surface area contributed by atoms with Gasteiger partial charge in [-0.1, -0.05) is 29.8 Å². The van der Waals surface area contributed by atoms with Crippen LogP contribution in [-0.2, 0) is 0 Å². The van der Waals surface area contributed by atoms with E-state index in [1.165, 1.54) is 11.3 Å². The van der Waals surface area contributed by atoms with E-state index in [-0.39, 0.29) is 23.9 Å². The van der Waals surface area contributed by atoms with Gasteiger partial charge in [-0.05, 0) is 42.3 Å². The van der Waals surface area contributed by atoms with Crippen molar-refractivity contribution in [1.29, 1.82) is 0 Å². The number of halogens is 1. The number of carbonyl (C=O) groups is 2. The lowest BCUT2D eigenvalue weighted by Crippen LogP contribution is -2.47. The fourth-order valence-corrected chi connectivity index (χ4v) is 4.66. The van der Waals surface area contributed by atoms with Gasteiger partial charge in [-0.25, -0.2) is 0 Å².